The van der Waals surface area contributed by atoms with E-state index >= 15 is 0 Å². The standard InChI is InChI=1S/C17H26N2O3/c1-4-12(2)17(3,21)11-19-16(20)14-7-8-15(18-9-14)22-10-13-5-6-13/h7-9,12-13,21H,4-6,10-11H2,1-3H3,(H,19,20). The van der Waals surface area contributed by atoms with E-state index in [9.17, 15) is 9.90 Å². The minimum atomic E-state index is -0.912. The summed E-state index contributed by atoms with van der Waals surface area (Å²) in [5.41, 5.74) is -0.441. The molecule has 1 amide bonds. The van der Waals surface area contributed by atoms with Crippen LogP contribution in [0.2, 0.25) is 0 Å². The molecule has 0 bridgehead atoms. The Kier molecular flexibility index (Phi) is 5.40. The predicted molar refractivity (Wildman–Crippen MR) is 84.9 cm³/mol. The fourth-order valence-electron chi connectivity index (χ4n) is 2.06. The lowest BCUT2D eigenvalue weighted by molar-refractivity contribution is 0.00592. The molecule has 0 aromatic carbocycles. The van der Waals surface area contributed by atoms with Gasteiger partial charge in [0.15, 0.2) is 0 Å². The van der Waals surface area contributed by atoms with Crippen molar-refractivity contribution >= 4 is 5.91 Å². The second-order valence-corrected chi connectivity index (χ2v) is 6.49. The van der Waals surface area contributed by atoms with Gasteiger partial charge in [-0.3, -0.25) is 4.79 Å². The third-order valence-electron chi connectivity index (χ3n) is 4.44. The first-order valence-corrected chi connectivity index (χ1v) is 8.01. The Morgan fingerprint density at radius 1 is 1.55 bits per heavy atom. The van der Waals surface area contributed by atoms with Crippen LogP contribution < -0.4 is 10.1 Å². The van der Waals surface area contributed by atoms with Gasteiger partial charge in [-0.25, -0.2) is 4.98 Å². The van der Waals surface area contributed by atoms with E-state index < -0.39 is 5.60 Å². The van der Waals surface area contributed by atoms with Crippen molar-refractivity contribution in [3.63, 3.8) is 0 Å². The third-order valence-corrected chi connectivity index (χ3v) is 4.44. The maximum absolute atomic E-state index is 12.1. The fraction of sp³-hybridized carbons (Fsp3) is 0.647. The van der Waals surface area contributed by atoms with Gasteiger partial charge in [-0.15, -0.1) is 0 Å². The topological polar surface area (TPSA) is 71.5 Å². The Bertz CT molecular complexity index is 495. The number of carbonyl (C=O) groups is 1. The van der Waals surface area contributed by atoms with E-state index in [4.69, 9.17) is 4.74 Å². The number of hydrogen-bond acceptors (Lipinski definition) is 4. The Morgan fingerprint density at radius 2 is 2.27 bits per heavy atom. The molecule has 2 unspecified atom stereocenters. The lowest BCUT2D eigenvalue weighted by Crippen LogP contribution is -2.45. The summed E-state index contributed by atoms with van der Waals surface area (Å²) in [6.07, 6.45) is 4.83. The van der Waals surface area contributed by atoms with E-state index in [1.165, 1.54) is 19.0 Å². The van der Waals surface area contributed by atoms with Gasteiger partial charge in [0.2, 0.25) is 5.88 Å². The zero-order valence-corrected chi connectivity index (χ0v) is 13.6. The lowest BCUT2D eigenvalue weighted by atomic mass is 9.88. The molecule has 22 heavy (non-hydrogen) atoms. The van der Waals surface area contributed by atoms with Crippen molar-refractivity contribution < 1.29 is 14.6 Å². The summed E-state index contributed by atoms with van der Waals surface area (Å²) in [6, 6.07) is 3.41. The van der Waals surface area contributed by atoms with Crippen molar-refractivity contribution in [3.05, 3.63) is 23.9 Å². The van der Waals surface area contributed by atoms with Crippen LogP contribution in [0.1, 0.15) is 50.4 Å². The minimum Gasteiger partial charge on any atom is -0.477 e. The number of hydrogen-bond donors (Lipinski definition) is 2. The summed E-state index contributed by atoms with van der Waals surface area (Å²) in [4.78, 5) is 16.2. The van der Waals surface area contributed by atoms with Gasteiger partial charge >= 0.3 is 0 Å². The van der Waals surface area contributed by atoms with Crippen LogP contribution in [-0.4, -0.2) is 34.8 Å². The van der Waals surface area contributed by atoms with E-state index in [2.05, 4.69) is 10.3 Å². The average Bonchev–Trinajstić information content (AvgIpc) is 3.34. The minimum absolute atomic E-state index is 0.115. The molecule has 1 aliphatic carbocycles. The first-order valence-electron chi connectivity index (χ1n) is 8.01. The van der Waals surface area contributed by atoms with E-state index in [0.717, 1.165) is 6.42 Å². The van der Waals surface area contributed by atoms with E-state index in [0.29, 0.717) is 24.0 Å². The van der Waals surface area contributed by atoms with Crippen molar-refractivity contribution in [2.45, 2.75) is 45.6 Å². The van der Waals surface area contributed by atoms with Crippen LogP contribution in [0.15, 0.2) is 18.3 Å². The largest absolute Gasteiger partial charge is 0.477 e. The molecule has 5 nitrogen and oxygen atoms in total. The SMILES string of the molecule is CCC(C)C(C)(O)CNC(=O)c1ccc(OCC2CC2)nc1. The molecule has 1 aromatic rings. The Balaban J connectivity index is 1.83. The van der Waals surface area contributed by atoms with Gasteiger partial charge < -0.3 is 15.2 Å². The Labute approximate surface area is 132 Å². The first kappa shape index (κ1) is 16.7. The molecule has 1 aliphatic rings. The van der Waals surface area contributed by atoms with Crippen molar-refractivity contribution in [1.82, 2.24) is 10.3 Å². The lowest BCUT2D eigenvalue weighted by Gasteiger charge is -2.29. The zero-order valence-electron chi connectivity index (χ0n) is 13.6. The Hall–Kier alpha value is -1.62. The highest BCUT2D eigenvalue weighted by molar-refractivity contribution is 5.93. The van der Waals surface area contributed by atoms with Crippen molar-refractivity contribution in [2.75, 3.05) is 13.2 Å². The van der Waals surface area contributed by atoms with Crippen molar-refractivity contribution in [3.8, 4) is 5.88 Å². The molecule has 1 fully saturated rings. The molecule has 2 rings (SSSR count). The predicted octanol–water partition coefficient (Wildman–Crippen LogP) is 2.40. The van der Waals surface area contributed by atoms with Crippen molar-refractivity contribution in [2.24, 2.45) is 11.8 Å². The molecule has 0 aliphatic heterocycles. The van der Waals surface area contributed by atoms with Crippen LogP contribution in [0.4, 0.5) is 0 Å². The van der Waals surface area contributed by atoms with Crippen molar-refractivity contribution in [1.29, 1.82) is 0 Å². The van der Waals surface area contributed by atoms with Gasteiger partial charge in [0.1, 0.15) is 0 Å². The number of pyridine rings is 1. The molecule has 0 radical (unpaired) electrons. The quantitative estimate of drug-likeness (QED) is 0.773. The molecule has 2 N–H and O–H groups in total. The number of aliphatic hydroxyl groups is 1. The van der Waals surface area contributed by atoms with E-state index in [1.54, 1.807) is 19.1 Å². The number of ether oxygens (including phenoxy) is 1. The normalized spacial score (nSPS) is 18.4. The zero-order chi connectivity index (χ0) is 16.2. The summed E-state index contributed by atoms with van der Waals surface area (Å²) in [5, 5.41) is 13.1. The second-order valence-electron chi connectivity index (χ2n) is 6.49. The highest BCUT2D eigenvalue weighted by atomic mass is 16.5. The van der Waals surface area contributed by atoms with Gasteiger partial charge in [-0.1, -0.05) is 20.3 Å². The third kappa shape index (κ3) is 4.70. The molecular formula is C17H26N2O3. The summed E-state index contributed by atoms with van der Waals surface area (Å²) in [5.74, 6) is 1.11. The highest BCUT2D eigenvalue weighted by Gasteiger charge is 2.27. The fourth-order valence-corrected chi connectivity index (χ4v) is 2.06. The van der Waals surface area contributed by atoms with Gasteiger partial charge in [-0.05, 0) is 37.7 Å². The maximum atomic E-state index is 12.1. The molecule has 1 aromatic heterocycles. The molecule has 0 spiro atoms. The van der Waals surface area contributed by atoms with Gasteiger partial charge in [0.25, 0.3) is 5.91 Å². The number of rotatable bonds is 8. The number of carbonyl (C=O) groups excluding carboxylic acids is 1. The van der Waals surface area contributed by atoms with Gasteiger partial charge in [0.05, 0.1) is 17.8 Å². The second kappa shape index (κ2) is 7.09. The van der Waals surface area contributed by atoms with E-state index in [1.807, 2.05) is 13.8 Å². The smallest absolute Gasteiger partial charge is 0.252 e. The summed E-state index contributed by atoms with van der Waals surface area (Å²) >= 11 is 0. The molecule has 2 atom stereocenters. The maximum Gasteiger partial charge on any atom is 0.252 e. The molecule has 1 saturated carbocycles. The molecular weight excluding hydrogens is 280 g/mol. The first-order chi connectivity index (χ1) is 10.4. The molecule has 1 heterocycles. The van der Waals surface area contributed by atoms with Crippen LogP contribution in [-0.2, 0) is 0 Å². The van der Waals surface area contributed by atoms with Gasteiger partial charge in [-0.2, -0.15) is 0 Å². The number of aromatic nitrogens is 1. The molecule has 0 saturated heterocycles. The van der Waals surface area contributed by atoms with Crippen LogP contribution in [0.25, 0.3) is 0 Å². The summed E-state index contributed by atoms with van der Waals surface area (Å²) in [6.45, 7) is 6.66. The summed E-state index contributed by atoms with van der Waals surface area (Å²) in [7, 11) is 0. The number of amides is 1. The van der Waals surface area contributed by atoms with Crippen LogP contribution >= 0.6 is 0 Å². The van der Waals surface area contributed by atoms with E-state index in [-0.39, 0.29) is 18.4 Å². The highest BCUT2D eigenvalue weighted by Crippen LogP contribution is 2.29. The monoisotopic (exact) mass is 306 g/mol. The number of nitrogens with one attached hydrogen (secondary N) is 1. The summed E-state index contributed by atoms with van der Waals surface area (Å²) < 4.78 is 5.54. The average molecular weight is 306 g/mol. The van der Waals surface area contributed by atoms with Gasteiger partial charge in [0, 0.05) is 18.8 Å². The molecule has 5 heteroatoms. The van der Waals surface area contributed by atoms with Crippen LogP contribution in [0.5, 0.6) is 5.88 Å². The van der Waals surface area contributed by atoms with Crippen LogP contribution in [0.3, 0.4) is 0 Å². The Morgan fingerprint density at radius 3 is 2.82 bits per heavy atom. The van der Waals surface area contributed by atoms with Crippen LogP contribution in [0, 0.1) is 11.8 Å². The number of nitrogens with zero attached hydrogens (tertiary/aromatic N) is 1. The molecule has 122 valence electrons.